The van der Waals surface area contributed by atoms with Crippen LogP contribution in [0.2, 0.25) is 0 Å². The quantitative estimate of drug-likeness (QED) is 0.459. The number of carbonyl (C=O) groups excluding carboxylic acids is 1. The fourth-order valence-electron chi connectivity index (χ4n) is 3.06. The molecule has 30 heavy (non-hydrogen) atoms. The van der Waals surface area contributed by atoms with Gasteiger partial charge in [-0.15, -0.1) is 0 Å². The van der Waals surface area contributed by atoms with Gasteiger partial charge in [0.05, 0.1) is 11.3 Å². The number of nitrogens with zero attached hydrogens (tertiary/aromatic N) is 2. The summed E-state index contributed by atoms with van der Waals surface area (Å²) in [5, 5.41) is 0. The predicted molar refractivity (Wildman–Crippen MR) is 113 cm³/mol. The highest BCUT2D eigenvalue weighted by Gasteiger charge is 2.11. The van der Waals surface area contributed by atoms with Crippen LogP contribution in [0.1, 0.15) is 27.2 Å². The molecule has 0 aliphatic rings. The molecular weight excluding hydrogens is 380 g/mol. The van der Waals surface area contributed by atoms with Crippen LogP contribution in [0.5, 0.6) is 5.75 Å². The van der Waals surface area contributed by atoms with Gasteiger partial charge in [0.25, 0.3) is 5.56 Å². The summed E-state index contributed by atoms with van der Waals surface area (Å²) in [6, 6.07) is 21.6. The first-order chi connectivity index (χ1) is 14.6. The Hall–Kier alpha value is -3.93. The number of hydrogen-bond acceptors (Lipinski definition) is 5. The molecule has 0 saturated heterocycles. The lowest BCUT2D eigenvalue weighted by molar-refractivity contribution is 0.0467. The van der Waals surface area contributed by atoms with Crippen molar-refractivity contribution in [2.75, 3.05) is 0 Å². The van der Waals surface area contributed by atoms with Gasteiger partial charge >= 0.3 is 5.97 Å². The average molecular weight is 400 g/mol. The van der Waals surface area contributed by atoms with E-state index in [4.69, 9.17) is 9.47 Å². The Labute approximate surface area is 173 Å². The zero-order valence-corrected chi connectivity index (χ0v) is 16.4. The third kappa shape index (κ3) is 4.38. The van der Waals surface area contributed by atoms with Crippen LogP contribution in [-0.4, -0.2) is 15.4 Å². The van der Waals surface area contributed by atoms with Crippen LogP contribution in [0, 0.1) is 6.92 Å². The number of ether oxygens (including phenoxy) is 2. The number of esters is 1. The number of carbonyl (C=O) groups is 1. The number of aryl methyl sites for hydroxylation is 1. The molecule has 2 aromatic heterocycles. The second kappa shape index (κ2) is 8.61. The summed E-state index contributed by atoms with van der Waals surface area (Å²) in [5.41, 5.74) is 3.01. The van der Waals surface area contributed by atoms with E-state index in [0.29, 0.717) is 29.3 Å². The van der Waals surface area contributed by atoms with E-state index >= 15 is 0 Å². The molecule has 0 spiro atoms. The van der Waals surface area contributed by atoms with Crippen molar-refractivity contribution in [3.63, 3.8) is 0 Å². The Balaban J connectivity index is 1.44. The molecule has 0 fully saturated rings. The second-order valence-electron chi connectivity index (χ2n) is 6.85. The van der Waals surface area contributed by atoms with Crippen LogP contribution in [0.4, 0.5) is 0 Å². The summed E-state index contributed by atoms with van der Waals surface area (Å²) >= 11 is 0. The minimum absolute atomic E-state index is 0.0893. The lowest BCUT2D eigenvalue weighted by atomic mass is 10.2. The summed E-state index contributed by atoms with van der Waals surface area (Å²) in [4.78, 5) is 29.2. The second-order valence-corrected chi connectivity index (χ2v) is 6.85. The van der Waals surface area contributed by atoms with Crippen LogP contribution in [0.25, 0.3) is 5.65 Å². The molecule has 0 saturated carbocycles. The molecule has 2 aromatic carbocycles. The molecule has 0 bridgehead atoms. The summed E-state index contributed by atoms with van der Waals surface area (Å²) in [5.74, 6) is 0.0675. The zero-order valence-electron chi connectivity index (χ0n) is 16.4. The van der Waals surface area contributed by atoms with E-state index in [2.05, 4.69) is 4.98 Å². The molecule has 2 heterocycles. The first-order valence-corrected chi connectivity index (χ1v) is 9.52. The number of hydrogen-bond donors (Lipinski definition) is 0. The van der Waals surface area contributed by atoms with Crippen LogP contribution < -0.4 is 10.3 Å². The maximum absolute atomic E-state index is 12.5. The first kappa shape index (κ1) is 19.4. The molecule has 0 aliphatic carbocycles. The van der Waals surface area contributed by atoms with Crippen LogP contribution in [0.3, 0.4) is 0 Å². The Morgan fingerprint density at radius 1 is 0.967 bits per heavy atom. The molecular formula is C24H20N2O4. The van der Waals surface area contributed by atoms with Crippen LogP contribution >= 0.6 is 0 Å². The molecule has 0 amide bonds. The third-order valence-corrected chi connectivity index (χ3v) is 4.61. The topological polar surface area (TPSA) is 69.9 Å². The molecule has 6 nitrogen and oxygen atoms in total. The maximum atomic E-state index is 12.5. The van der Waals surface area contributed by atoms with E-state index in [0.717, 1.165) is 11.1 Å². The maximum Gasteiger partial charge on any atom is 0.338 e. The monoisotopic (exact) mass is 400 g/mol. The van der Waals surface area contributed by atoms with Crippen molar-refractivity contribution in [2.45, 2.75) is 20.1 Å². The van der Waals surface area contributed by atoms with Gasteiger partial charge in [-0.3, -0.25) is 9.20 Å². The molecule has 0 atom stereocenters. The van der Waals surface area contributed by atoms with Crippen molar-refractivity contribution in [1.29, 1.82) is 0 Å². The largest absolute Gasteiger partial charge is 0.489 e. The van der Waals surface area contributed by atoms with E-state index in [1.54, 1.807) is 36.5 Å². The SMILES string of the molecule is Cc1cccn2c(=O)cc(COC(=O)c3cccc(OCc4ccccc4)c3)nc12. The zero-order chi connectivity index (χ0) is 20.9. The summed E-state index contributed by atoms with van der Waals surface area (Å²) in [6.07, 6.45) is 1.66. The van der Waals surface area contributed by atoms with E-state index < -0.39 is 5.97 Å². The van der Waals surface area contributed by atoms with Crippen molar-refractivity contribution in [3.8, 4) is 5.75 Å². The van der Waals surface area contributed by atoms with Gasteiger partial charge < -0.3 is 9.47 Å². The van der Waals surface area contributed by atoms with E-state index in [9.17, 15) is 9.59 Å². The molecule has 0 aliphatic heterocycles. The minimum atomic E-state index is -0.507. The Morgan fingerprint density at radius 2 is 1.80 bits per heavy atom. The smallest absolute Gasteiger partial charge is 0.338 e. The fourth-order valence-corrected chi connectivity index (χ4v) is 3.06. The molecule has 0 N–H and O–H groups in total. The predicted octanol–water partition coefficient (Wildman–Crippen LogP) is 3.94. The number of fused-ring (bicyclic) bond motifs is 1. The van der Waals surface area contributed by atoms with Crippen LogP contribution in [-0.2, 0) is 18.0 Å². The van der Waals surface area contributed by atoms with Gasteiger partial charge in [-0.05, 0) is 42.3 Å². The van der Waals surface area contributed by atoms with Gasteiger partial charge in [0, 0.05) is 12.3 Å². The van der Waals surface area contributed by atoms with Crippen molar-refractivity contribution in [1.82, 2.24) is 9.38 Å². The molecule has 0 unspecified atom stereocenters. The Bertz CT molecular complexity index is 1250. The summed E-state index contributed by atoms with van der Waals surface area (Å²) in [6.45, 7) is 2.19. The first-order valence-electron chi connectivity index (χ1n) is 9.52. The average Bonchev–Trinajstić information content (AvgIpc) is 2.78. The van der Waals surface area contributed by atoms with Gasteiger partial charge in [0.15, 0.2) is 0 Å². The molecule has 150 valence electrons. The standard InChI is InChI=1S/C24H20N2O4/c1-17-7-6-12-26-22(27)14-20(25-23(17)26)16-30-24(28)19-10-5-11-21(13-19)29-15-18-8-3-2-4-9-18/h2-14H,15-16H2,1H3. The summed E-state index contributed by atoms with van der Waals surface area (Å²) < 4.78 is 12.6. The highest BCUT2D eigenvalue weighted by Crippen LogP contribution is 2.16. The van der Waals surface area contributed by atoms with E-state index in [1.807, 2.05) is 43.3 Å². The molecule has 0 radical (unpaired) electrons. The van der Waals surface area contributed by atoms with Gasteiger partial charge in [-0.25, -0.2) is 9.78 Å². The third-order valence-electron chi connectivity index (χ3n) is 4.61. The lowest BCUT2D eigenvalue weighted by Crippen LogP contribution is -2.17. The van der Waals surface area contributed by atoms with E-state index in [1.165, 1.54) is 10.5 Å². The van der Waals surface area contributed by atoms with Crippen molar-refractivity contribution < 1.29 is 14.3 Å². The normalized spacial score (nSPS) is 10.7. The van der Waals surface area contributed by atoms with Crippen molar-refractivity contribution in [3.05, 3.63) is 112 Å². The molecule has 4 aromatic rings. The highest BCUT2D eigenvalue weighted by molar-refractivity contribution is 5.89. The Kier molecular flexibility index (Phi) is 5.57. The fraction of sp³-hybridized carbons (Fsp3) is 0.125. The highest BCUT2D eigenvalue weighted by atomic mass is 16.5. The van der Waals surface area contributed by atoms with Gasteiger partial charge in [0.2, 0.25) is 0 Å². The van der Waals surface area contributed by atoms with Crippen molar-refractivity contribution >= 4 is 11.6 Å². The van der Waals surface area contributed by atoms with Gasteiger partial charge in [-0.1, -0.05) is 42.5 Å². The van der Waals surface area contributed by atoms with E-state index in [-0.39, 0.29) is 12.2 Å². The number of benzene rings is 2. The van der Waals surface area contributed by atoms with Gasteiger partial charge in [-0.2, -0.15) is 0 Å². The molecule has 6 heteroatoms. The molecule has 4 rings (SSSR count). The lowest BCUT2D eigenvalue weighted by Gasteiger charge is -2.09. The van der Waals surface area contributed by atoms with Crippen molar-refractivity contribution in [2.24, 2.45) is 0 Å². The van der Waals surface area contributed by atoms with Crippen LogP contribution in [0.15, 0.2) is 83.8 Å². The summed E-state index contributed by atoms with van der Waals surface area (Å²) in [7, 11) is 0. The number of rotatable bonds is 6. The number of aromatic nitrogens is 2. The van der Waals surface area contributed by atoms with Gasteiger partial charge in [0.1, 0.15) is 24.6 Å². The minimum Gasteiger partial charge on any atom is -0.489 e. The Morgan fingerprint density at radius 3 is 2.63 bits per heavy atom. The number of pyridine rings is 1.